The first-order valence-electron chi connectivity index (χ1n) is 13.7. The van der Waals surface area contributed by atoms with E-state index in [-0.39, 0.29) is 26.4 Å². The number of fused-ring (bicyclic) bond motifs is 3. The maximum absolute atomic E-state index is 11.1. The van der Waals surface area contributed by atoms with Crippen molar-refractivity contribution < 1.29 is 38.6 Å². The standard InChI is InChI=1S/C35H30O8/c1-3-33(36)42-40-23-21-38-27-17-13-25(14-18-27)35(31-11-7-5-9-29(31)30-10-6-8-12-32(30)35)26-15-19-28(20-16-26)39-22-24-41-43-34(37)4-2/h3-20H,1-2,21-24H2. The lowest BCUT2D eigenvalue weighted by Gasteiger charge is -2.34. The van der Waals surface area contributed by atoms with Gasteiger partial charge in [-0.3, -0.25) is 9.78 Å². The molecule has 0 saturated carbocycles. The zero-order chi connectivity index (χ0) is 30.1. The zero-order valence-electron chi connectivity index (χ0n) is 23.4. The third-order valence-electron chi connectivity index (χ3n) is 7.01. The van der Waals surface area contributed by atoms with Crippen LogP contribution in [0.4, 0.5) is 0 Å². The molecule has 4 aromatic carbocycles. The van der Waals surface area contributed by atoms with Gasteiger partial charge in [0, 0.05) is 12.2 Å². The van der Waals surface area contributed by atoms with Crippen LogP contribution in [0.2, 0.25) is 0 Å². The summed E-state index contributed by atoms with van der Waals surface area (Å²) in [6.07, 6.45) is 2.05. The molecule has 0 bridgehead atoms. The summed E-state index contributed by atoms with van der Waals surface area (Å²) in [6.45, 7) is 7.19. The van der Waals surface area contributed by atoms with Crippen LogP contribution in [0.15, 0.2) is 122 Å². The third-order valence-corrected chi connectivity index (χ3v) is 7.01. The van der Waals surface area contributed by atoms with Gasteiger partial charge in [-0.25, -0.2) is 9.59 Å². The summed E-state index contributed by atoms with van der Waals surface area (Å²) >= 11 is 0. The molecule has 0 saturated heterocycles. The van der Waals surface area contributed by atoms with Gasteiger partial charge in [-0.05, 0) is 57.6 Å². The van der Waals surface area contributed by atoms with Crippen molar-refractivity contribution in [2.24, 2.45) is 0 Å². The van der Waals surface area contributed by atoms with Crippen molar-refractivity contribution in [3.05, 3.63) is 145 Å². The van der Waals surface area contributed by atoms with Gasteiger partial charge in [0.1, 0.15) is 37.9 Å². The molecule has 0 atom stereocenters. The van der Waals surface area contributed by atoms with E-state index in [0.29, 0.717) is 11.5 Å². The molecule has 8 nitrogen and oxygen atoms in total. The molecule has 0 amide bonds. The summed E-state index contributed by atoms with van der Waals surface area (Å²) in [5.74, 6) is -0.0115. The molecule has 4 aromatic rings. The number of hydrogen-bond acceptors (Lipinski definition) is 8. The highest BCUT2D eigenvalue weighted by Gasteiger charge is 2.45. The molecule has 0 aromatic heterocycles. The van der Waals surface area contributed by atoms with Crippen LogP contribution in [0, 0.1) is 0 Å². The molecule has 0 N–H and O–H groups in total. The van der Waals surface area contributed by atoms with E-state index in [9.17, 15) is 9.59 Å². The van der Waals surface area contributed by atoms with Crippen molar-refractivity contribution in [3.63, 3.8) is 0 Å². The molecule has 0 fully saturated rings. The zero-order valence-corrected chi connectivity index (χ0v) is 23.4. The fourth-order valence-electron chi connectivity index (χ4n) is 5.28. The number of hydrogen-bond donors (Lipinski definition) is 0. The molecule has 1 aliphatic rings. The van der Waals surface area contributed by atoms with Gasteiger partial charge in [-0.2, -0.15) is 9.78 Å². The minimum Gasteiger partial charge on any atom is -0.491 e. The molecule has 0 aliphatic heterocycles. The minimum absolute atomic E-state index is 0.0759. The van der Waals surface area contributed by atoms with E-state index in [1.165, 1.54) is 22.3 Å². The van der Waals surface area contributed by atoms with E-state index in [1.54, 1.807) is 0 Å². The first-order valence-corrected chi connectivity index (χ1v) is 13.7. The molecular weight excluding hydrogens is 548 g/mol. The van der Waals surface area contributed by atoms with Crippen LogP contribution in [-0.2, 0) is 34.6 Å². The maximum atomic E-state index is 11.1. The summed E-state index contributed by atoms with van der Waals surface area (Å²) in [5.41, 5.74) is 6.25. The smallest absolute Gasteiger partial charge is 0.365 e. The van der Waals surface area contributed by atoms with Gasteiger partial charge < -0.3 is 9.47 Å². The number of ether oxygens (including phenoxy) is 2. The molecular formula is C35H30O8. The Kier molecular flexibility index (Phi) is 9.31. The van der Waals surface area contributed by atoms with E-state index in [4.69, 9.17) is 19.2 Å². The van der Waals surface area contributed by atoms with Crippen LogP contribution in [0.25, 0.3) is 11.1 Å². The lowest BCUT2D eigenvalue weighted by Crippen LogP contribution is -2.28. The molecule has 0 radical (unpaired) electrons. The Bertz CT molecular complexity index is 1470. The average Bonchev–Trinajstić information content (AvgIpc) is 3.36. The SMILES string of the molecule is C=CC(=O)OOCCOc1ccc(C2(c3ccc(OCCOOC(=O)C=C)cc3)c3ccccc3-c3ccccc32)cc1. The summed E-state index contributed by atoms with van der Waals surface area (Å²) in [7, 11) is 0. The molecule has 0 unspecified atom stereocenters. The van der Waals surface area contributed by atoms with E-state index in [2.05, 4.69) is 95.7 Å². The molecule has 8 heteroatoms. The molecule has 5 rings (SSSR count). The maximum Gasteiger partial charge on any atom is 0.365 e. The van der Waals surface area contributed by atoms with Crippen LogP contribution in [-0.4, -0.2) is 38.4 Å². The molecule has 0 spiro atoms. The lowest BCUT2D eigenvalue weighted by molar-refractivity contribution is -0.269. The van der Waals surface area contributed by atoms with E-state index < -0.39 is 17.4 Å². The predicted octanol–water partition coefficient (Wildman–Crippen LogP) is 6.13. The third kappa shape index (κ3) is 6.21. The van der Waals surface area contributed by atoms with E-state index in [0.717, 1.165) is 23.3 Å². The molecule has 0 heterocycles. The van der Waals surface area contributed by atoms with Gasteiger partial charge >= 0.3 is 11.9 Å². The highest BCUT2D eigenvalue weighted by atomic mass is 17.2. The normalized spacial score (nSPS) is 12.4. The summed E-state index contributed by atoms with van der Waals surface area (Å²) in [5, 5.41) is 0. The largest absolute Gasteiger partial charge is 0.491 e. The monoisotopic (exact) mass is 578 g/mol. The minimum atomic E-state index is -0.660. The fourth-order valence-corrected chi connectivity index (χ4v) is 5.28. The van der Waals surface area contributed by atoms with E-state index >= 15 is 0 Å². The van der Waals surface area contributed by atoms with Crippen LogP contribution >= 0.6 is 0 Å². The van der Waals surface area contributed by atoms with Gasteiger partial charge in [0.15, 0.2) is 0 Å². The van der Waals surface area contributed by atoms with Crippen molar-refractivity contribution in [1.29, 1.82) is 0 Å². The first kappa shape index (κ1) is 29.3. The second-order valence-corrected chi connectivity index (χ2v) is 9.44. The second-order valence-electron chi connectivity index (χ2n) is 9.44. The molecule has 218 valence electrons. The van der Waals surface area contributed by atoms with Crippen LogP contribution in [0.5, 0.6) is 11.5 Å². The Morgan fingerprint density at radius 2 is 0.953 bits per heavy atom. The highest BCUT2D eigenvalue weighted by Crippen LogP contribution is 2.56. The quantitative estimate of drug-likeness (QED) is 0.0673. The second kappa shape index (κ2) is 13.7. The fraction of sp³-hybridized carbons (Fsp3) is 0.143. The summed E-state index contributed by atoms with van der Waals surface area (Å²) in [4.78, 5) is 41.0. The first-order chi connectivity index (χ1) is 21.1. The number of carbonyl (C=O) groups is 2. The van der Waals surface area contributed by atoms with Crippen molar-refractivity contribution in [1.82, 2.24) is 0 Å². The van der Waals surface area contributed by atoms with Gasteiger partial charge in [0.2, 0.25) is 0 Å². The summed E-state index contributed by atoms with van der Waals surface area (Å²) < 4.78 is 11.6. The Balaban J connectivity index is 1.42. The number of carbonyl (C=O) groups excluding carboxylic acids is 2. The van der Waals surface area contributed by atoms with Gasteiger partial charge in [0.25, 0.3) is 0 Å². The lowest BCUT2D eigenvalue weighted by atomic mass is 9.68. The Morgan fingerprint density at radius 1 is 0.558 bits per heavy atom. The Hall–Kier alpha value is -5.18. The van der Waals surface area contributed by atoms with Crippen molar-refractivity contribution in [3.8, 4) is 22.6 Å². The van der Waals surface area contributed by atoms with Crippen LogP contribution < -0.4 is 9.47 Å². The predicted molar refractivity (Wildman–Crippen MR) is 159 cm³/mol. The van der Waals surface area contributed by atoms with Crippen molar-refractivity contribution in [2.45, 2.75) is 5.41 Å². The van der Waals surface area contributed by atoms with Crippen molar-refractivity contribution >= 4 is 11.9 Å². The Morgan fingerprint density at radius 3 is 1.35 bits per heavy atom. The van der Waals surface area contributed by atoms with Gasteiger partial charge in [0.05, 0.1) is 5.41 Å². The molecule has 43 heavy (non-hydrogen) atoms. The topological polar surface area (TPSA) is 89.5 Å². The van der Waals surface area contributed by atoms with Crippen LogP contribution in [0.3, 0.4) is 0 Å². The van der Waals surface area contributed by atoms with Crippen LogP contribution in [0.1, 0.15) is 22.3 Å². The van der Waals surface area contributed by atoms with Gasteiger partial charge in [-0.1, -0.05) is 86.0 Å². The summed E-state index contributed by atoms with van der Waals surface area (Å²) in [6, 6.07) is 32.9. The van der Waals surface area contributed by atoms with E-state index in [1.807, 2.05) is 24.3 Å². The average molecular weight is 579 g/mol. The number of benzene rings is 4. The number of rotatable bonds is 14. The van der Waals surface area contributed by atoms with Crippen molar-refractivity contribution in [2.75, 3.05) is 26.4 Å². The Labute approximate surface area is 249 Å². The van der Waals surface area contributed by atoms with Gasteiger partial charge in [-0.15, -0.1) is 0 Å². The highest BCUT2D eigenvalue weighted by molar-refractivity contribution is 5.86. The molecule has 1 aliphatic carbocycles.